The molecule has 11 heteroatoms. The molecule has 0 aliphatic carbocycles. The van der Waals surface area contributed by atoms with E-state index in [4.69, 9.17) is 19.3 Å². The second-order valence-corrected chi connectivity index (χ2v) is 10.7. The van der Waals surface area contributed by atoms with Gasteiger partial charge in [0.05, 0.1) is 0 Å². The van der Waals surface area contributed by atoms with E-state index in [2.05, 4.69) is 10.6 Å². The van der Waals surface area contributed by atoms with Crippen LogP contribution in [0, 0.1) is 0 Å². The minimum atomic E-state index is -1.07. The van der Waals surface area contributed by atoms with E-state index in [0.29, 0.717) is 0 Å². The summed E-state index contributed by atoms with van der Waals surface area (Å²) in [4.78, 5) is 61.6. The van der Waals surface area contributed by atoms with Gasteiger partial charge in [0, 0.05) is 12.8 Å². The molecule has 0 spiro atoms. The highest BCUT2D eigenvalue weighted by molar-refractivity contribution is 5.85. The van der Waals surface area contributed by atoms with Gasteiger partial charge in [-0.05, 0) is 57.6 Å². The van der Waals surface area contributed by atoms with Crippen LogP contribution >= 0.6 is 0 Å². The summed E-state index contributed by atoms with van der Waals surface area (Å²) < 4.78 is 16.1. The van der Waals surface area contributed by atoms with Gasteiger partial charge in [0.15, 0.2) is 0 Å². The maximum atomic E-state index is 12.9. The zero-order valence-corrected chi connectivity index (χ0v) is 24.3. The van der Waals surface area contributed by atoms with Crippen LogP contribution in [0.5, 0.6) is 0 Å². The van der Waals surface area contributed by atoms with Gasteiger partial charge in [-0.25, -0.2) is 14.4 Å². The van der Waals surface area contributed by atoms with Crippen LogP contribution in [0.3, 0.4) is 0 Å². The van der Waals surface area contributed by atoms with E-state index in [0.717, 1.165) is 11.1 Å². The van der Waals surface area contributed by atoms with Gasteiger partial charge in [-0.15, -0.1) is 0 Å². The maximum Gasteiger partial charge on any atom is 0.408 e. The Morgan fingerprint density at radius 1 is 0.714 bits per heavy atom. The van der Waals surface area contributed by atoms with Gasteiger partial charge in [-0.3, -0.25) is 9.59 Å². The van der Waals surface area contributed by atoms with Crippen LogP contribution in [0.15, 0.2) is 60.7 Å². The summed E-state index contributed by atoms with van der Waals surface area (Å²) in [6.45, 7) is 5.09. The number of esters is 2. The SMILES string of the molecule is CC(C)(C)OC(=O)NC(CCCC(NC(=O)CCCC(=O)O)C(=O)OCc1ccccc1)C(=O)OCc1ccccc1. The molecule has 0 radical (unpaired) electrons. The number of aliphatic carboxylic acids is 1. The molecule has 0 bridgehead atoms. The predicted molar refractivity (Wildman–Crippen MR) is 153 cm³/mol. The number of ether oxygens (including phenoxy) is 3. The van der Waals surface area contributed by atoms with Crippen LogP contribution in [0.4, 0.5) is 4.79 Å². The molecule has 228 valence electrons. The van der Waals surface area contributed by atoms with Crippen molar-refractivity contribution in [3.05, 3.63) is 71.8 Å². The highest BCUT2D eigenvalue weighted by atomic mass is 16.6. The van der Waals surface area contributed by atoms with Crippen LogP contribution in [-0.2, 0) is 46.6 Å². The van der Waals surface area contributed by atoms with Gasteiger partial charge in [0.1, 0.15) is 30.9 Å². The van der Waals surface area contributed by atoms with Gasteiger partial charge in [-0.2, -0.15) is 0 Å². The highest BCUT2D eigenvalue weighted by Crippen LogP contribution is 2.13. The zero-order chi connectivity index (χ0) is 31.0. The molecule has 2 aromatic carbocycles. The Labute approximate surface area is 245 Å². The minimum absolute atomic E-state index is 0.000303. The number of carbonyl (C=O) groups excluding carboxylic acids is 4. The van der Waals surface area contributed by atoms with Crippen LogP contribution in [0.25, 0.3) is 0 Å². The third kappa shape index (κ3) is 14.3. The average molecular weight is 585 g/mol. The number of amides is 2. The second kappa shape index (κ2) is 17.4. The van der Waals surface area contributed by atoms with Crippen LogP contribution in [-0.4, -0.2) is 52.7 Å². The number of rotatable bonds is 16. The van der Waals surface area contributed by atoms with E-state index < -0.39 is 47.6 Å². The molecule has 2 atom stereocenters. The van der Waals surface area contributed by atoms with E-state index in [1.807, 2.05) is 24.3 Å². The third-order valence-electron chi connectivity index (χ3n) is 5.82. The van der Waals surface area contributed by atoms with E-state index >= 15 is 0 Å². The average Bonchev–Trinajstić information content (AvgIpc) is 2.93. The van der Waals surface area contributed by atoms with Crippen molar-refractivity contribution in [3.63, 3.8) is 0 Å². The van der Waals surface area contributed by atoms with Crippen molar-refractivity contribution < 1.29 is 43.3 Å². The van der Waals surface area contributed by atoms with Crippen molar-refractivity contribution in [1.82, 2.24) is 10.6 Å². The lowest BCUT2D eigenvalue weighted by Crippen LogP contribution is -2.45. The summed E-state index contributed by atoms with van der Waals surface area (Å²) in [5.74, 6) is -2.87. The van der Waals surface area contributed by atoms with Gasteiger partial charge < -0.3 is 30.0 Å². The molecular formula is C31H40N2O9. The summed E-state index contributed by atoms with van der Waals surface area (Å²) in [7, 11) is 0. The predicted octanol–water partition coefficient (Wildman–Crippen LogP) is 4.28. The fourth-order valence-electron chi connectivity index (χ4n) is 3.80. The topological polar surface area (TPSA) is 157 Å². The molecule has 0 saturated carbocycles. The van der Waals surface area contributed by atoms with Crippen molar-refractivity contribution in [1.29, 1.82) is 0 Å². The Balaban J connectivity index is 2.05. The van der Waals surface area contributed by atoms with Crippen molar-refractivity contribution in [2.75, 3.05) is 0 Å². The summed E-state index contributed by atoms with van der Waals surface area (Å²) in [5.41, 5.74) is 0.745. The van der Waals surface area contributed by atoms with Crippen molar-refractivity contribution in [3.8, 4) is 0 Å². The first kappa shape index (κ1) is 33.8. The number of carboxylic acid groups (broad SMARTS) is 1. The Morgan fingerprint density at radius 2 is 1.19 bits per heavy atom. The molecular weight excluding hydrogens is 544 g/mol. The Hall–Kier alpha value is -4.41. The van der Waals surface area contributed by atoms with Gasteiger partial charge in [0.25, 0.3) is 0 Å². The standard InChI is InChI=1S/C31H40N2O9/c1-31(2,3)42-30(39)33-25(29(38)41-21-23-14-8-5-9-15-23)17-10-16-24(32-26(34)18-11-19-27(35)36)28(37)40-20-22-12-6-4-7-13-22/h4-9,12-15,24-25H,10-11,16-21H2,1-3H3,(H,32,34)(H,33,39)(H,35,36). The summed E-state index contributed by atoms with van der Waals surface area (Å²) in [5, 5.41) is 14.0. The minimum Gasteiger partial charge on any atom is -0.481 e. The number of hydrogen-bond donors (Lipinski definition) is 3. The number of nitrogens with one attached hydrogen (secondary N) is 2. The molecule has 0 aliphatic heterocycles. The van der Waals surface area contributed by atoms with E-state index in [-0.39, 0.29) is 51.7 Å². The van der Waals surface area contributed by atoms with Crippen molar-refractivity contribution >= 4 is 29.9 Å². The van der Waals surface area contributed by atoms with Gasteiger partial charge >= 0.3 is 24.0 Å². The molecule has 2 amide bonds. The zero-order valence-electron chi connectivity index (χ0n) is 24.3. The first-order chi connectivity index (χ1) is 19.9. The van der Waals surface area contributed by atoms with Crippen molar-refractivity contribution in [2.45, 2.75) is 90.2 Å². The lowest BCUT2D eigenvalue weighted by molar-refractivity contribution is -0.149. The van der Waals surface area contributed by atoms with E-state index in [1.165, 1.54) is 0 Å². The monoisotopic (exact) mass is 584 g/mol. The number of benzene rings is 2. The Kier molecular flexibility index (Phi) is 14.0. The molecule has 42 heavy (non-hydrogen) atoms. The summed E-state index contributed by atoms with van der Waals surface area (Å²) in [6.07, 6.45) is -0.539. The van der Waals surface area contributed by atoms with Gasteiger partial charge in [0.2, 0.25) is 5.91 Å². The quantitative estimate of drug-likeness (QED) is 0.193. The number of alkyl carbamates (subject to hydrolysis) is 1. The lowest BCUT2D eigenvalue weighted by Gasteiger charge is -2.23. The van der Waals surface area contributed by atoms with E-state index in [1.54, 1.807) is 57.2 Å². The maximum absolute atomic E-state index is 12.9. The summed E-state index contributed by atoms with van der Waals surface area (Å²) in [6, 6.07) is 16.0. The highest BCUT2D eigenvalue weighted by Gasteiger charge is 2.28. The third-order valence-corrected chi connectivity index (χ3v) is 5.82. The number of carbonyl (C=O) groups is 5. The molecule has 2 aromatic rings. The molecule has 0 saturated heterocycles. The normalized spacial score (nSPS) is 12.4. The Bertz CT molecular complexity index is 1160. The van der Waals surface area contributed by atoms with Crippen LogP contribution < -0.4 is 10.6 Å². The Morgan fingerprint density at radius 3 is 1.64 bits per heavy atom. The van der Waals surface area contributed by atoms with Crippen LogP contribution in [0.2, 0.25) is 0 Å². The molecule has 2 rings (SSSR count). The molecule has 2 unspecified atom stereocenters. The second-order valence-electron chi connectivity index (χ2n) is 10.7. The van der Waals surface area contributed by atoms with Gasteiger partial charge in [-0.1, -0.05) is 60.7 Å². The summed E-state index contributed by atoms with van der Waals surface area (Å²) >= 11 is 0. The molecule has 0 fully saturated rings. The lowest BCUT2D eigenvalue weighted by atomic mass is 10.0. The fraction of sp³-hybridized carbons (Fsp3) is 0.452. The first-order valence-electron chi connectivity index (χ1n) is 13.8. The van der Waals surface area contributed by atoms with Crippen LogP contribution in [0.1, 0.15) is 70.4 Å². The number of carboxylic acids is 1. The van der Waals surface area contributed by atoms with E-state index in [9.17, 15) is 24.0 Å². The molecule has 0 aliphatic rings. The fourth-order valence-corrected chi connectivity index (χ4v) is 3.80. The molecule has 0 aromatic heterocycles. The molecule has 0 heterocycles. The first-order valence-corrected chi connectivity index (χ1v) is 13.8. The molecule has 3 N–H and O–H groups in total. The van der Waals surface area contributed by atoms with Crippen molar-refractivity contribution in [2.24, 2.45) is 0 Å². The number of hydrogen-bond acceptors (Lipinski definition) is 8. The molecule has 11 nitrogen and oxygen atoms in total. The smallest absolute Gasteiger partial charge is 0.408 e. The largest absolute Gasteiger partial charge is 0.481 e.